The Labute approximate surface area is 113 Å². The van der Waals surface area contributed by atoms with Crippen molar-refractivity contribution in [1.29, 1.82) is 0 Å². The summed E-state index contributed by atoms with van der Waals surface area (Å²) in [7, 11) is 0. The van der Waals surface area contributed by atoms with Gasteiger partial charge in [-0.3, -0.25) is 4.98 Å². The van der Waals surface area contributed by atoms with Crippen LogP contribution in [0.25, 0.3) is 0 Å². The van der Waals surface area contributed by atoms with Gasteiger partial charge in [0.25, 0.3) is 0 Å². The molecule has 0 spiro atoms. The summed E-state index contributed by atoms with van der Waals surface area (Å²) in [5.74, 6) is 1.79. The van der Waals surface area contributed by atoms with Crippen LogP contribution in [0.5, 0.6) is 11.6 Å². The first-order valence-electron chi connectivity index (χ1n) is 6.52. The molecule has 0 bridgehead atoms. The minimum atomic E-state index is 0.314. The van der Waals surface area contributed by atoms with Crippen LogP contribution in [-0.2, 0) is 6.54 Å². The molecule has 100 valence electrons. The first-order chi connectivity index (χ1) is 9.24. The zero-order chi connectivity index (χ0) is 13.7. The first-order valence-corrected chi connectivity index (χ1v) is 6.52. The summed E-state index contributed by atoms with van der Waals surface area (Å²) in [5, 5.41) is 0. The lowest BCUT2D eigenvalue weighted by molar-refractivity contribution is 0.452. The van der Waals surface area contributed by atoms with Gasteiger partial charge in [-0.15, -0.1) is 0 Å². The van der Waals surface area contributed by atoms with Crippen molar-refractivity contribution < 1.29 is 4.74 Å². The average Bonchev–Trinajstić information content (AvgIpc) is 2.48. The fourth-order valence-electron chi connectivity index (χ4n) is 1.79. The van der Waals surface area contributed by atoms with Gasteiger partial charge in [0.1, 0.15) is 11.4 Å². The van der Waals surface area contributed by atoms with E-state index in [0.29, 0.717) is 24.0 Å². The smallest absolute Gasteiger partial charge is 0.242 e. The van der Waals surface area contributed by atoms with E-state index in [-0.39, 0.29) is 0 Å². The van der Waals surface area contributed by atoms with Crippen molar-refractivity contribution in [2.75, 3.05) is 0 Å². The van der Waals surface area contributed by atoms with Crippen molar-refractivity contribution in [3.05, 3.63) is 47.9 Å². The van der Waals surface area contributed by atoms with E-state index in [1.165, 1.54) is 5.56 Å². The Hall–Kier alpha value is -1.94. The highest BCUT2D eigenvalue weighted by Crippen LogP contribution is 2.25. The molecule has 1 aromatic carbocycles. The van der Waals surface area contributed by atoms with Gasteiger partial charge in [0.2, 0.25) is 5.88 Å². The van der Waals surface area contributed by atoms with Crippen LogP contribution in [0.3, 0.4) is 0 Å². The van der Waals surface area contributed by atoms with Crippen LogP contribution in [-0.4, -0.2) is 9.97 Å². The summed E-state index contributed by atoms with van der Waals surface area (Å²) in [6, 6.07) is 8.08. The second-order valence-electron chi connectivity index (χ2n) is 4.49. The van der Waals surface area contributed by atoms with Gasteiger partial charge in [0.05, 0.1) is 0 Å². The van der Waals surface area contributed by atoms with Crippen LogP contribution < -0.4 is 10.5 Å². The van der Waals surface area contributed by atoms with Crippen molar-refractivity contribution in [1.82, 2.24) is 9.97 Å². The maximum absolute atomic E-state index is 5.72. The van der Waals surface area contributed by atoms with Gasteiger partial charge in [0.15, 0.2) is 0 Å². The van der Waals surface area contributed by atoms with E-state index < -0.39 is 0 Å². The van der Waals surface area contributed by atoms with Gasteiger partial charge in [-0.05, 0) is 30.0 Å². The molecule has 0 aliphatic heterocycles. The highest BCUT2D eigenvalue weighted by molar-refractivity contribution is 5.32. The molecular weight excluding hydrogens is 238 g/mol. The van der Waals surface area contributed by atoms with Gasteiger partial charge in [0, 0.05) is 18.9 Å². The molecule has 0 amide bonds. The SMILES string of the molecule is CCC(C)c1ccc(Oc2nccnc2CN)cc1. The van der Waals surface area contributed by atoms with Crippen LogP contribution in [0, 0.1) is 0 Å². The number of nitrogens with zero attached hydrogens (tertiary/aromatic N) is 2. The molecule has 0 aliphatic rings. The summed E-state index contributed by atoms with van der Waals surface area (Å²) >= 11 is 0. The Balaban J connectivity index is 2.15. The number of hydrogen-bond donors (Lipinski definition) is 1. The molecule has 2 N–H and O–H groups in total. The molecule has 1 heterocycles. The number of benzene rings is 1. The zero-order valence-electron chi connectivity index (χ0n) is 11.3. The van der Waals surface area contributed by atoms with E-state index >= 15 is 0 Å². The summed E-state index contributed by atoms with van der Waals surface area (Å²) in [4.78, 5) is 8.29. The molecule has 0 aliphatic carbocycles. The van der Waals surface area contributed by atoms with Crippen molar-refractivity contribution in [2.24, 2.45) is 5.73 Å². The number of nitrogens with two attached hydrogens (primary N) is 1. The van der Waals surface area contributed by atoms with Crippen LogP contribution in [0.4, 0.5) is 0 Å². The molecule has 0 radical (unpaired) electrons. The number of hydrogen-bond acceptors (Lipinski definition) is 4. The van der Waals surface area contributed by atoms with Gasteiger partial charge in [-0.25, -0.2) is 4.98 Å². The van der Waals surface area contributed by atoms with E-state index in [0.717, 1.165) is 12.2 Å². The lowest BCUT2D eigenvalue weighted by Crippen LogP contribution is -2.03. The molecule has 4 nitrogen and oxygen atoms in total. The van der Waals surface area contributed by atoms with Gasteiger partial charge >= 0.3 is 0 Å². The number of rotatable bonds is 5. The maximum atomic E-state index is 5.72. The monoisotopic (exact) mass is 257 g/mol. The molecule has 1 atom stereocenters. The fraction of sp³-hybridized carbons (Fsp3) is 0.333. The summed E-state index contributed by atoms with van der Waals surface area (Å²) in [6.45, 7) is 4.71. The third kappa shape index (κ3) is 3.29. The average molecular weight is 257 g/mol. The van der Waals surface area contributed by atoms with Crippen molar-refractivity contribution in [3.63, 3.8) is 0 Å². The van der Waals surface area contributed by atoms with E-state index in [2.05, 4.69) is 35.9 Å². The third-order valence-electron chi connectivity index (χ3n) is 3.21. The largest absolute Gasteiger partial charge is 0.437 e. The van der Waals surface area contributed by atoms with Gasteiger partial charge in [-0.1, -0.05) is 26.0 Å². The Morgan fingerprint density at radius 1 is 1.16 bits per heavy atom. The zero-order valence-corrected chi connectivity index (χ0v) is 11.3. The van der Waals surface area contributed by atoms with Crippen molar-refractivity contribution >= 4 is 0 Å². The highest BCUT2D eigenvalue weighted by atomic mass is 16.5. The normalized spacial score (nSPS) is 12.2. The second-order valence-corrected chi connectivity index (χ2v) is 4.49. The predicted octanol–water partition coefficient (Wildman–Crippen LogP) is 3.24. The third-order valence-corrected chi connectivity index (χ3v) is 3.21. The van der Waals surface area contributed by atoms with E-state index in [1.54, 1.807) is 12.4 Å². The minimum Gasteiger partial charge on any atom is -0.437 e. The predicted molar refractivity (Wildman–Crippen MR) is 75.1 cm³/mol. The molecule has 2 aromatic rings. The molecule has 1 aromatic heterocycles. The topological polar surface area (TPSA) is 61.0 Å². The Kier molecular flexibility index (Phi) is 4.47. The van der Waals surface area contributed by atoms with Gasteiger partial charge in [-0.2, -0.15) is 0 Å². The number of ether oxygens (including phenoxy) is 1. The first kappa shape index (κ1) is 13.5. The van der Waals surface area contributed by atoms with Crippen molar-refractivity contribution in [2.45, 2.75) is 32.7 Å². The molecule has 0 fully saturated rings. The number of aromatic nitrogens is 2. The van der Waals surface area contributed by atoms with E-state index in [1.807, 2.05) is 12.1 Å². The quantitative estimate of drug-likeness (QED) is 0.893. The standard InChI is InChI=1S/C15H19N3O/c1-3-11(2)12-4-6-13(7-5-12)19-15-14(10-16)17-8-9-18-15/h4-9,11H,3,10,16H2,1-2H3. The Bertz CT molecular complexity index is 525. The fourth-order valence-corrected chi connectivity index (χ4v) is 1.79. The molecular formula is C15H19N3O. The maximum Gasteiger partial charge on any atom is 0.242 e. The summed E-state index contributed by atoms with van der Waals surface area (Å²) < 4.78 is 5.72. The minimum absolute atomic E-state index is 0.314. The Morgan fingerprint density at radius 2 is 1.84 bits per heavy atom. The summed E-state index contributed by atoms with van der Waals surface area (Å²) in [5.41, 5.74) is 7.58. The molecule has 19 heavy (non-hydrogen) atoms. The lowest BCUT2D eigenvalue weighted by atomic mass is 9.99. The molecule has 2 rings (SSSR count). The van der Waals surface area contributed by atoms with E-state index in [9.17, 15) is 0 Å². The van der Waals surface area contributed by atoms with Crippen LogP contribution >= 0.6 is 0 Å². The Morgan fingerprint density at radius 3 is 2.47 bits per heavy atom. The summed E-state index contributed by atoms with van der Waals surface area (Å²) in [6.07, 6.45) is 4.34. The molecule has 0 saturated heterocycles. The van der Waals surface area contributed by atoms with Crippen LogP contribution in [0.2, 0.25) is 0 Å². The highest BCUT2D eigenvalue weighted by Gasteiger charge is 2.07. The van der Waals surface area contributed by atoms with Gasteiger partial charge < -0.3 is 10.5 Å². The molecule has 1 unspecified atom stereocenters. The molecule has 0 saturated carbocycles. The molecule has 4 heteroatoms. The van der Waals surface area contributed by atoms with Crippen molar-refractivity contribution in [3.8, 4) is 11.6 Å². The lowest BCUT2D eigenvalue weighted by Gasteiger charge is -2.11. The van der Waals surface area contributed by atoms with Crippen LogP contribution in [0.1, 0.15) is 37.4 Å². The van der Waals surface area contributed by atoms with E-state index in [4.69, 9.17) is 10.5 Å². The second kappa shape index (κ2) is 6.29. The van der Waals surface area contributed by atoms with Crippen LogP contribution in [0.15, 0.2) is 36.7 Å².